The van der Waals surface area contributed by atoms with Gasteiger partial charge >= 0.3 is 0 Å². The van der Waals surface area contributed by atoms with E-state index in [-0.39, 0.29) is 23.3 Å². The molecular weight excluding hydrogens is 497 g/mol. The molecule has 0 radical (unpaired) electrons. The van der Waals surface area contributed by atoms with Crippen LogP contribution >= 0.6 is 19.6 Å². The molecule has 3 unspecified atom stereocenters. The first kappa shape index (κ1) is 22.9. The van der Waals surface area contributed by atoms with Crippen molar-refractivity contribution in [3.63, 3.8) is 0 Å². The molecule has 3 aromatic heterocycles. The molecule has 2 aliphatic heterocycles. The molecule has 0 spiro atoms. The average molecular weight is 518 g/mol. The number of ether oxygens (including phenoxy) is 1. The molecule has 5 atom stereocenters. The number of nitrogens with one attached hydrogen (secondary N) is 1. The summed E-state index contributed by atoms with van der Waals surface area (Å²) in [6, 6.07) is 9.51. The Bertz CT molecular complexity index is 1520. The molecule has 2 saturated heterocycles. The Kier molecular flexibility index (Phi) is 5.60. The molecule has 4 aromatic rings. The van der Waals surface area contributed by atoms with Crippen LogP contribution in [0.3, 0.4) is 0 Å². The molecule has 6 rings (SSSR count). The van der Waals surface area contributed by atoms with Crippen molar-refractivity contribution in [3.8, 4) is 11.3 Å². The van der Waals surface area contributed by atoms with E-state index in [1.807, 2.05) is 37.3 Å². The normalized spacial score (nSPS) is 28.7. The number of H-pyrrole nitrogens is 1. The predicted octanol–water partition coefficient (Wildman–Crippen LogP) is 1.68. The van der Waals surface area contributed by atoms with E-state index in [1.165, 1.54) is 16.2 Å². The fourth-order valence-corrected chi connectivity index (χ4v) is 6.16. The molecule has 5 heterocycles. The summed E-state index contributed by atoms with van der Waals surface area (Å²) in [6.07, 6.45) is -1.87. The van der Waals surface area contributed by atoms with E-state index in [4.69, 9.17) is 13.8 Å². The van der Waals surface area contributed by atoms with Gasteiger partial charge in [-0.1, -0.05) is 49.0 Å². The first-order valence-corrected chi connectivity index (χ1v) is 13.5. The molecule has 12 nitrogen and oxygen atoms in total. The maximum atomic E-state index is 13.4. The van der Waals surface area contributed by atoms with E-state index >= 15 is 0 Å². The summed E-state index contributed by atoms with van der Waals surface area (Å²) in [5, 5.41) is 11.4. The van der Waals surface area contributed by atoms with Crippen LogP contribution in [0, 0.1) is 0 Å². The van der Waals surface area contributed by atoms with Crippen molar-refractivity contribution < 1.29 is 28.3 Å². The fraction of sp³-hybridized carbons (Fsp3) is 0.381. The molecule has 2 fully saturated rings. The number of aromatic amines is 1. The highest BCUT2D eigenvalue weighted by Gasteiger charge is 2.51. The third kappa shape index (κ3) is 3.84. The number of aliphatic hydroxyl groups is 1. The van der Waals surface area contributed by atoms with Gasteiger partial charge in [0.05, 0.1) is 12.3 Å². The highest BCUT2D eigenvalue weighted by molar-refractivity contribution is 7.99. The second kappa shape index (κ2) is 8.56. The highest BCUT2D eigenvalue weighted by Crippen LogP contribution is 2.50. The van der Waals surface area contributed by atoms with Crippen LogP contribution in [-0.2, 0) is 18.3 Å². The molecule has 0 bridgehead atoms. The lowest BCUT2D eigenvalue weighted by atomic mass is 10.1. The Labute approximate surface area is 202 Å². The molecule has 0 aliphatic carbocycles. The third-order valence-electron chi connectivity index (χ3n) is 5.95. The van der Waals surface area contributed by atoms with Gasteiger partial charge in [0.1, 0.15) is 18.3 Å². The van der Waals surface area contributed by atoms with Gasteiger partial charge < -0.3 is 28.8 Å². The first-order chi connectivity index (χ1) is 16.9. The number of fused-ring (bicyclic) bond motifs is 3. The van der Waals surface area contributed by atoms with E-state index < -0.39 is 32.4 Å². The number of hydrogen-bond acceptors (Lipinski definition) is 10. The Morgan fingerprint density at radius 2 is 2.11 bits per heavy atom. The molecule has 14 heteroatoms. The smallest absolute Gasteiger partial charge is 0.287 e. The molecule has 2 N–H and O–H groups in total. The lowest BCUT2D eigenvalue weighted by Gasteiger charge is -2.34. The standard InChI is InChI=1S/C21H22N5O7PS/c1-2-8-35-21-23-14-17(26(21)19-15(27)16-13(32-19)10-31-34(29,30)33-16)24-20-22-12(9-25(20)18(14)28)11-6-4-3-5-7-11/h3-7,9,13,15-16,19,27H,2,8,10H2,1H3,(H,22,24)(H,29,30)/p-1/t13?,15?,16-,19-/m1/s1. The Morgan fingerprint density at radius 3 is 2.89 bits per heavy atom. The first-order valence-electron chi connectivity index (χ1n) is 11.1. The van der Waals surface area contributed by atoms with Gasteiger partial charge in [-0.15, -0.1) is 0 Å². The number of phosphoric ester groups is 1. The second-order valence-corrected chi connectivity index (χ2v) is 10.7. The van der Waals surface area contributed by atoms with Crippen LogP contribution in [0.5, 0.6) is 0 Å². The monoisotopic (exact) mass is 518 g/mol. The maximum absolute atomic E-state index is 13.4. The van der Waals surface area contributed by atoms with Crippen LogP contribution in [0.4, 0.5) is 0 Å². The van der Waals surface area contributed by atoms with Crippen LogP contribution in [0.1, 0.15) is 19.6 Å². The summed E-state index contributed by atoms with van der Waals surface area (Å²) in [4.78, 5) is 37.6. The van der Waals surface area contributed by atoms with Gasteiger partial charge in [-0.05, 0) is 12.0 Å². The van der Waals surface area contributed by atoms with Crippen LogP contribution < -0.4 is 10.5 Å². The Morgan fingerprint density at radius 1 is 1.31 bits per heavy atom. The molecule has 0 saturated carbocycles. The Hall–Kier alpha value is -2.51. The molecule has 2 aliphatic rings. The van der Waals surface area contributed by atoms with Crippen molar-refractivity contribution in [2.75, 3.05) is 12.4 Å². The lowest BCUT2D eigenvalue weighted by Crippen LogP contribution is -2.41. The topological polar surface area (TPSA) is 156 Å². The molecule has 0 amide bonds. The second-order valence-electron chi connectivity index (χ2n) is 8.30. The number of aliphatic hydroxyl groups excluding tert-OH is 1. The van der Waals surface area contributed by atoms with Crippen molar-refractivity contribution in [3.05, 3.63) is 46.9 Å². The van der Waals surface area contributed by atoms with Crippen LogP contribution in [0.2, 0.25) is 0 Å². The summed E-state index contributed by atoms with van der Waals surface area (Å²) in [5.74, 6) is 0.995. The third-order valence-corrected chi connectivity index (χ3v) is 8.08. The number of imidazole rings is 2. The summed E-state index contributed by atoms with van der Waals surface area (Å²) in [6.45, 7) is 1.73. The summed E-state index contributed by atoms with van der Waals surface area (Å²) in [7, 11) is -4.54. The van der Waals surface area contributed by atoms with Crippen molar-refractivity contribution in [1.82, 2.24) is 23.9 Å². The average Bonchev–Trinajstić information content (AvgIpc) is 3.52. The minimum Gasteiger partial charge on any atom is -0.756 e. The number of aromatic nitrogens is 5. The number of rotatable bonds is 5. The van der Waals surface area contributed by atoms with Crippen LogP contribution in [0.25, 0.3) is 28.2 Å². The van der Waals surface area contributed by atoms with Gasteiger partial charge in [-0.25, -0.2) is 9.38 Å². The molecule has 1 aromatic carbocycles. The van der Waals surface area contributed by atoms with Gasteiger partial charge in [0.25, 0.3) is 13.4 Å². The quantitative estimate of drug-likeness (QED) is 0.294. The largest absolute Gasteiger partial charge is 0.756 e. The van der Waals surface area contributed by atoms with Crippen molar-refractivity contribution in [2.45, 2.75) is 43.0 Å². The number of thioether (sulfide) groups is 1. The number of benzene rings is 1. The van der Waals surface area contributed by atoms with Crippen LogP contribution in [0.15, 0.2) is 46.5 Å². The van der Waals surface area contributed by atoms with E-state index in [0.29, 0.717) is 22.4 Å². The van der Waals surface area contributed by atoms with Crippen LogP contribution in [-0.4, -0.2) is 59.7 Å². The molecular formula is C21H21N5O7PS-. The number of hydrogen-bond donors (Lipinski definition) is 2. The van der Waals surface area contributed by atoms with Crippen molar-refractivity contribution in [2.24, 2.45) is 0 Å². The van der Waals surface area contributed by atoms with Gasteiger partial charge in [-0.3, -0.25) is 13.9 Å². The van der Waals surface area contributed by atoms with E-state index in [0.717, 1.165) is 12.0 Å². The Balaban J connectivity index is 1.50. The van der Waals surface area contributed by atoms with E-state index in [9.17, 15) is 19.4 Å². The van der Waals surface area contributed by atoms with Gasteiger partial charge in [0, 0.05) is 11.9 Å². The van der Waals surface area contributed by atoms with Gasteiger partial charge in [0.2, 0.25) is 5.78 Å². The van der Waals surface area contributed by atoms with E-state index in [2.05, 4.69) is 15.0 Å². The number of phosphoric acid groups is 1. The SMILES string of the molecule is CCCSc1nc2c(=O)n3cc(-c4ccccc4)[nH]c3nc2n1[C@@H]1OC2COP(=O)([O-])O[C@H]2C1O. The van der Waals surface area contributed by atoms with Gasteiger partial charge in [-0.2, -0.15) is 4.98 Å². The molecule has 184 valence electrons. The minimum absolute atomic E-state index is 0.108. The zero-order valence-corrected chi connectivity index (χ0v) is 20.1. The summed E-state index contributed by atoms with van der Waals surface area (Å²) in [5.41, 5.74) is 1.53. The summed E-state index contributed by atoms with van der Waals surface area (Å²) >= 11 is 1.39. The van der Waals surface area contributed by atoms with Gasteiger partial charge in [0.15, 0.2) is 22.5 Å². The van der Waals surface area contributed by atoms with Crippen molar-refractivity contribution >= 4 is 36.5 Å². The lowest BCUT2D eigenvalue weighted by molar-refractivity contribution is -0.245. The summed E-state index contributed by atoms with van der Waals surface area (Å²) < 4.78 is 30.4. The maximum Gasteiger partial charge on any atom is 0.287 e. The predicted molar refractivity (Wildman–Crippen MR) is 124 cm³/mol. The number of nitrogens with zero attached hydrogens (tertiary/aromatic N) is 4. The minimum atomic E-state index is -4.54. The highest BCUT2D eigenvalue weighted by atomic mass is 32.2. The van der Waals surface area contributed by atoms with Crippen molar-refractivity contribution in [1.29, 1.82) is 0 Å². The molecule has 35 heavy (non-hydrogen) atoms. The zero-order chi connectivity index (χ0) is 24.3. The fourth-order valence-electron chi connectivity index (χ4n) is 4.34. The zero-order valence-electron chi connectivity index (χ0n) is 18.4. The van der Waals surface area contributed by atoms with E-state index in [1.54, 1.807) is 10.8 Å².